The molecule has 0 heterocycles. The van der Waals surface area contributed by atoms with Gasteiger partial charge in [0.1, 0.15) is 10.1 Å². The lowest BCUT2D eigenvalue weighted by Gasteiger charge is -2.03. The quantitative estimate of drug-likeness (QED) is 0.618. The predicted molar refractivity (Wildman–Crippen MR) is 80.3 cm³/mol. The fourth-order valence-electron chi connectivity index (χ4n) is 1.63. The van der Waals surface area contributed by atoms with Crippen LogP contribution in [0, 0.1) is 0 Å². The van der Waals surface area contributed by atoms with Gasteiger partial charge in [-0.2, -0.15) is 0 Å². The fraction of sp³-hybridized carbons (Fsp3) is 0. The van der Waals surface area contributed by atoms with E-state index in [0.29, 0.717) is 11.1 Å². The lowest BCUT2D eigenvalue weighted by atomic mass is 10.1. The number of hydrogen-bond acceptors (Lipinski definition) is 2. The molecule has 0 bridgehead atoms. The highest BCUT2D eigenvalue weighted by molar-refractivity contribution is 6.56. The highest BCUT2D eigenvalue weighted by Gasteiger charge is 2.20. The Balaban J connectivity index is 2.32. The van der Waals surface area contributed by atoms with Crippen molar-refractivity contribution < 1.29 is 9.59 Å². The van der Waals surface area contributed by atoms with Gasteiger partial charge in [-0.15, -0.1) is 0 Å². The minimum absolute atomic E-state index is 0.272. The van der Waals surface area contributed by atoms with E-state index in [1.165, 1.54) is 0 Å². The van der Waals surface area contributed by atoms with Gasteiger partial charge in [0.15, 0.2) is 0 Å². The zero-order valence-corrected chi connectivity index (χ0v) is 11.9. The minimum atomic E-state index is -0.471. The van der Waals surface area contributed by atoms with Gasteiger partial charge in [-0.25, -0.2) is 0 Å². The number of rotatable bonds is 4. The lowest BCUT2D eigenvalue weighted by Crippen LogP contribution is -2.06. The van der Waals surface area contributed by atoms with Crippen molar-refractivity contribution in [3.63, 3.8) is 0 Å². The highest BCUT2D eigenvalue weighted by atomic mass is 35.5. The van der Waals surface area contributed by atoms with Crippen LogP contribution in [-0.4, -0.2) is 11.6 Å². The Morgan fingerprint density at radius 3 is 1.20 bits per heavy atom. The van der Waals surface area contributed by atoms with Crippen LogP contribution in [0.3, 0.4) is 0 Å². The van der Waals surface area contributed by atoms with E-state index in [4.69, 9.17) is 23.2 Å². The molecule has 0 radical (unpaired) electrons. The third-order valence-electron chi connectivity index (χ3n) is 2.66. The normalized spacial score (nSPS) is 11.7. The number of Topliss-reactive ketones (excluding diaryl/α,β-unsaturated/α-hetero) is 2. The first kappa shape index (κ1) is 14.5. The van der Waals surface area contributed by atoms with Crippen LogP contribution < -0.4 is 0 Å². The number of ketones is 2. The third-order valence-corrected chi connectivity index (χ3v) is 3.48. The van der Waals surface area contributed by atoms with Crippen molar-refractivity contribution in [2.45, 2.75) is 0 Å². The second-order valence-electron chi connectivity index (χ2n) is 4.02. The summed E-state index contributed by atoms with van der Waals surface area (Å²) in [4.78, 5) is 24.2. The van der Waals surface area contributed by atoms with Crippen LogP contribution in [0.1, 0.15) is 20.7 Å². The maximum absolute atomic E-state index is 12.1. The standard InChI is InChI=1S/C16H10Cl2O2/c17-13(15(19)11-7-3-1-4-8-11)14(18)16(20)12-9-5-2-6-10-12/h1-10H/b14-13-. The first-order chi connectivity index (χ1) is 9.61. The highest BCUT2D eigenvalue weighted by Crippen LogP contribution is 2.22. The molecule has 100 valence electrons. The Morgan fingerprint density at radius 2 is 0.900 bits per heavy atom. The van der Waals surface area contributed by atoms with Crippen molar-refractivity contribution in [1.29, 1.82) is 0 Å². The zero-order chi connectivity index (χ0) is 14.5. The van der Waals surface area contributed by atoms with Gasteiger partial charge < -0.3 is 0 Å². The molecule has 2 nitrogen and oxygen atoms in total. The summed E-state index contributed by atoms with van der Waals surface area (Å²) >= 11 is 11.9. The molecule has 0 N–H and O–H groups in total. The van der Waals surface area contributed by atoms with Crippen LogP contribution in [0.4, 0.5) is 0 Å². The van der Waals surface area contributed by atoms with Crippen molar-refractivity contribution in [2.75, 3.05) is 0 Å². The molecule has 0 amide bonds. The molecule has 0 atom stereocenters. The molecule has 4 heteroatoms. The van der Waals surface area contributed by atoms with Crippen LogP contribution in [-0.2, 0) is 0 Å². The monoisotopic (exact) mass is 304 g/mol. The van der Waals surface area contributed by atoms with Crippen molar-refractivity contribution in [3.8, 4) is 0 Å². The summed E-state index contributed by atoms with van der Waals surface area (Å²) in [5.74, 6) is -0.942. The number of halogens is 2. The number of carbonyl (C=O) groups excluding carboxylic acids is 2. The lowest BCUT2D eigenvalue weighted by molar-refractivity contribution is 0.101. The van der Waals surface area contributed by atoms with E-state index in [1.807, 2.05) is 0 Å². The van der Waals surface area contributed by atoms with Crippen molar-refractivity contribution in [3.05, 3.63) is 81.9 Å². The summed E-state index contributed by atoms with van der Waals surface area (Å²) in [6.45, 7) is 0. The van der Waals surface area contributed by atoms with E-state index in [1.54, 1.807) is 60.7 Å². The minimum Gasteiger partial charge on any atom is -0.288 e. The van der Waals surface area contributed by atoms with Crippen molar-refractivity contribution >= 4 is 34.8 Å². The van der Waals surface area contributed by atoms with Crippen LogP contribution in [0.2, 0.25) is 0 Å². The van der Waals surface area contributed by atoms with Crippen LogP contribution in [0.25, 0.3) is 0 Å². The largest absolute Gasteiger partial charge is 0.288 e. The van der Waals surface area contributed by atoms with Crippen LogP contribution in [0.5, 0.6) is 0 Å². The zero-order valence-electron chi connectivity index (χ0n) is 10.3. The molecule has 0 unspecified atom stereocenters. The first-order valence-electron chi connectivity index (χ1n) is 5.86. The number of benzene rings is 2. The Hall–Kier alpha value is -1.90. The number of carbonyl (C=O) groups is 2. The molecule has 0 saturated carbocycles. The molecular weight excluding hydrogens is 295 g/mol. The van der Waals surface area contributed by atoms with E-state index in [0.717, 1.165) is 0 Å². The smallest absolute Gasteiger partial charge is 0.206 e. The average molecular weight is 305 g/mol. The second-order valence-corrected chi connectivity index (χ2v) is 4.77. The van der Waals surface area contributed by atoms with Gasteiger partial charge >= 0.3 is 0 Å². The van der Waals surface area contributed by atoms with Crippen molar-refractivity contribution in [2.24, 2.45) is 0 Å². The first-order valence-corrected chi connectivity index (χ1v) is 6.61. The molecular formula is C16H10Cl2O2. The SMILES string of the molecule is O=C(/C(Cl)=C(/Cl)C(=O)c1ccccc1)c1ccccc1. The second kappa shape index (κ2) is 6.51. The van der Waals surface area contributed by atoms with E-state index in [-0.39, 0.29) is 10.1 Å². The molecule has 0 spiro atoms. The molecule has 2 aromatic carbocycles. The Kier molecular flexibility index (Phi) is 4.72. The molecule has 2 aromatic rings. The molecule has 0 fully saturated rings. The summed E-state index contributed by atoms with van der Waals surface area (Å²) in [6, 6.07) is 16.9. The Labute approximate surface area is 126 Å². The number of hydrogen-bond donors (Lipinski definition) is 0. The summed E-state index contributed by atoms with van der Waals surface area (Å²) in [5, 5.41) is -0.543. The predicted octanol–water partition coefficient (Wildman–Crippen LogP) is 4.44. The Morgan fingerprint density at radius 1 is 0.600 bits per heavy atom. The van der Waals surface area contributed by atoms with E-state index in [2.05, 4.69) is 0 Å². The van der Waals surface area contributed by atoms with Gasteiger partial charge in [-0.3, -0.25) is 9.59 Å². The van der Waals surface area contributed by atoms with Gasteiger partial charge in [0, 0.05) is 11.1 Å². The van der Waals surface area contributed by atoms with E-state index < -0.39 is 11.6 Å². The third kappa shape index (κ3) is 3.16. The molecule has 0 aliphatic heterocycles. The molecule has 0 aliphatic carbocycles. The molecule has 0 saturated heterocycles. The average Bonchev–Trinajstić information content (AvgIpc) is 2.53. The van der Waals surface area contributed by atoms with Crippen molar-refractivity contribution in [1.82, 2.24) is 0 Å². The summed E-state index contributed by atoms with van der Waals surface area (Å²) in [5.41, 5.74) is 0.771. The van der Waals surface area contributed by atoms with E-state index >= 15 is 0 Å². The van der Waals surface area contributed by atoms with Gasteiger partial charge in [0.05, 0.1) is 0 Å². The van der Waals surface area contributed by atoms with Crippen LogP contribution in [0.15, 0.2) is 70.7 Å². The molecule has 0 aromatic heterocycles. The Bertz CT molecular complexity index is 602. The summed E-state index contributed by atoms with van der Waals surface area (Å²) in [6.07, 6.45) is 0. The van der Waals surface area contributed by atoms with Gasteiger partial charge in [-0.05, 0) is 0 Å². The maximum atomic E-state index is 12.1. The number of allylic oxidation sites excluding steroid dienone is 2. The molecule has 20 heavy (non-hydrogen) atoms. The molecule has 2 rings (SSSR count). The van der Waals surface area contributed by atoms with Gasteiger partial charge in [0.2, 0.25) is 11.6 Å². The topological polar surface area (TPSA) is 34.1 Å². The van der Waals surface area contributed by atoms with Gasteiger partial charge in [-0.1, -0.05) is 83.9 Å². The van der Waals surface area contributed by atoms with Gasteiger partial charge in [0.25, 0.3) is 0 Å². The summed E-state index contributed by atoms with van der Waals surface area (Å²) in [7, 11) is 0. The van der Waals surface area contributed by atoms with Crippen LogP contribution >= 0.6 is 23.2 Å². The summed E-state index contributed by atoms with van der Waals surface area (Å²) < 4.78 is 0. The van der Waals surface area contributed by atoms with E-state index in [9.17, 15) is 9.59 Å². The molecule has 0 aliphatic rings. The fourth-order valence-corrected chi connectivity index (χ4v) is 2.02. The maximum Gasteiger partial charge on any atom is 0.206 e.